The smallest absolute Gasteiger partial charge is 0.259 e. The van der Waals surface area contributed by atoms with Crippen molar-refractivity contribution in [3.05, 3.63) is 12.0 Å². The van der Waals surface area contributed by atoms with E-state index in [4.69, 9.17) is 5.73 Å². The highest BCUT2D eigenvalue weighted by Crippen LogP contribution is 2.07. The average molecular weight is 354 g/mol. The Morgan fingerprint density at radius 2 is 2.05 bits per heavy atom. The first-order valence-electron chi connectivity index (χ1n) is 6.58. The zero-order chi connectivity index (χ0) is 16.3. The SMILES string of the molecule is Cc1nc(S(=O)(=O)NCCC(=O)NC(C)(C)CN)cn1C.Cl. The summed E-state index contributed by atoms with van der Waals surface area (Å²) in [7, 11) is -1.98. The first kappa shape index (κ1) is 20.8. The molecular formula is C12H24ClN5O3S. The number of nitrogens with two attached hydrogens (primary N) is 1. The molecule has 0 aliphatic heterocycles. The number of aryl methyl sites for hydroxylation is 2. The monoisotopic (exact) mass is 353 g/mol. The summed E-state index contributed by atoms with van der Waals surface area (Å²) >= 11 is 0. The second-order valence-corrected chi connectivity index (χ2v) is 7.24. The number of carbonyl (C=O) groups excluding carboxylic acids is 1. The van der Waals surface area contributed by atoms with Crippen LogP contribution in [0.25, 0.3) is 0 Å². The summed E-state index contributed by atoms with van der Waals surface area (Å²) in [5.74, 6) is 0.336. The van der Waals surface area contributed by atoms with Crippen molar-refractivity contribution in [2.45, 2.75) is 37.8 Å². The van der Waals surface area contributed by atoms with Gasteiger partial charge in [0.15, 0.2) is 5.03 Å². The molecule has 0 atom stereocenters. The van der Waals surface area contributed by atoms with Crippen LogP contribution in [0.1, 0.15) is 26.1 Å². The lowest BCUT2D eigenvalue weighted by atomic mass is 10.1. The van der Waals surface area contributed by atoms with Gasteiger partial charge in [0.1, 0.15) is 5.82 Å². The molecule has 22 heavy (non-hydrogen) atoms. The number of nitrogens with one attached hydrogen (secondary N) is 2. The Morgan fingerprint density at radius 3 is 2.50 bits per heavy atom. The van der Waals surface area contributed by atoms with E-state index in [1.165, 1.54) is 6.20 Å². The first-order valence-corrected chi connectivity index (χ1v) is 8.06. The molecular weight excluding hydrogens is 330 g/mol. The predicted octanol–water partition coefficient (Wildman–Crippen LogP) is -0.328. The lowest BCUT2D eigenvalue weighted by Crippen LogP contribution is -2.49. The highest BCUT2D eigenvalue weighted by molar-refractivity contribution is 7.89. The largest absolute Gasteiger partial charge is 0.350 e. The van der Waals surface area contributed by atoms with E-state index in [2.05, 4.69) is 15.0 Å². The van der Waals surface area contributed by atoms with Gasteiger partial charge in [-0.2, -0.15) is 0 Å². The molecule has 0 aliphatic carbocycles. The van der Waals surface area contributed by atoms with Crippen molar-refractivity contribution in [2.24, 2.45) is 12.8 Å². The van der Waals surface area contributed by atoms with Crippen LogP contribution in [0, 0.1) is 6.92 Å². The van der Waals surface area contributed by atoms with Gasteiger partial charge in [-0.3, -0.25) is 4.79 Å². The van der Waals surface area contributed by atoms with Gasteiger partial charge in [-0.1, -0.05) is 0 Å². The summed E-state index contributed by atoms with van der Waals surface area (Å²) < 4.78 is 27.9. The molecule has 0 fully saturated rings. The number of hydrogen-bond donors (Lipinski definition) is 3. The number of imidazole rings is 1. The molecule has 1 aromatic rings. The number of aromatic nitrogens is 2. The number of halogens is 1. The molecule has 1 heterocycles. The number of sulfonamides is 1. The van der Waals surface area contributed by atoms with E-state index in [9.17, 15) is 13.2 Å². The van der Waals surface area contributed by atoms with Crippen LogP contribution in [-0.4, -0.2) is 42.5 Å². The lowest BCUT2D eigenvalue weighted by molar-refractivity contribution is -0.122. The van der Waals surface area contributed by atoms with Crippen molar-refractivity contribution in [1.29, 1.82) is 0 Å². The fourth-order valence-electron chi connectivity index (χ4n) is 1.52. The van der Waals surface area contributed by atoms with E-state index in [1.807, 2.05) is 0 Å². The Hall–Kier alpha value is -1.16. The van der Waals surface area contributed by atoms with Gasteiger partial charge in [-0.15, -0.1) is 12.4 Å². The van der Waals surface area contributed by atoms with Crippen LogP contribution in [0.4, 0.5) is 0 Å². The van der Waals surface area contributed by atoms with Crippen LogP contribution < -0.4 is 15.8 Å². The highest BCUT2D eigenvalue weighted by atomic mass is 35.5. The molecule has 0 aromatic carbocycles. The second kappa shape index (κ2) is 7.91. The second-order valence-electron chi connectivity index (χ2n) is 5.52. The topological polar surface area (TPSA) is 119 Å². The van der Waals surface area contributed by atoms with Gasteiger partial charge in [-0.05, 0) is 20.8 Å². The third-order valence-electron chi connectivity index (χ3n) is 2.99. The Kier molecular flexibility index (Phi) is 7.49. The van der Waals surface area contributed by atoms with E-state index in [0.717, 1.165) is 0 Å². The Morgan fingerprint density at radius 1 is 1.45 bits per heavy atom. The fourth-order valence-corrected chi connectivity index (χ4v) is 2.59. The van der Waals surface area contributed by atoms with Crippen molar-refractivity contribution < 1.29 is 13.2 Å². The Labute approximate surface area is 137 Å². The summed E-state index contributed by atoms with van der Waals surface area (Å²) in [5, 5.41) is 2.68. The van der Waals surface area contributed by atoms with Crippen molar-refractivity contribution in [2.75, 3.05) is 13.1 Å². The number of nitrogens with zero attached hydrogens (tertiary/aromatic N) is 2. The van der Waals surface area contributed by atoms with Crippen LogP contribution in [0.5, 0.6) is 0 Å². The summed E-state index contributed by atoms with van der Waals surface area (Å²) in [6, 6.07) is 0. The molecule has 8 nitrogen and oxygen atoms in total. The maximum absolute atomic E-state index is 12.0. The molecule has 128 valence electrons. The molecule has 0 unspecified atom stereocenters. The zero-order valence-corrected chi connectivity index (χ0v) is 14.8. The van der Waals surface area contributed by atoms with Gasteiger partial charge in [0.25, 0.3) is 10.0 Å². The maximum atomic E-state index is 12.0. The minimum Gasteiger partial charge on any atom is -0.350 e. The van der Waals surface area contributed by atoms with Gasteiger partial charge >= 0.3 is 0 Å². The first-order chi connectivity index (χ1) is 9.57. The van der Waals surface area contributed by atoms with Crippen molar-refractivity contribution in [1.82, 2.24) is 19.6 Å². The van der Waals surface area contributed by atoms with Crippen molar-refractivity contribution >= 4 is 28.3 Å². The number of amides is 1. The molecule has 1 amide bonds. The molecule has 0 bridgehead atoms. The fraction of sp³-hybridized carbons (Fsp3) is 0.667. The van der Waals surface area contributed by atoms with E-state index in [0.29, 0.717) is 12.4 Å². The Bertz CT molecular complexity index is 593. The lowest BCUT2D eigenvalue weighted by Gasteiger charge is -2.24. The minimum atomic E-state index is -3.69. The molecule has 1 aromatic heterocycles. The third kappa shape index (κ3) is 5.91. The minimum absolute atomic E-state index is 0. The quantitative estimate of drug-likeness (QED) is 0.620. The number of rotatable bonds is 7. The summed E-state index contributed by atoms with van der Waals surface area (Å²) in [4.78, 5) is 15.6. The van der Waals surface area contributed by atoms with Gasteiger partial charge < -0.3 is 15.6 Å². The molecule has 0 saturated heterocycles. The number of carbonyl (C=O) groups is 1. The van der Waals surface area contributed by atoms with Crippen LogP contribution in [0.2, 0.25) is 0 Å². The summed E-state index contributed by atoms with van der Waals surface area (Å²) in [6.45, 7) is 5.61. The van der Waals surface area contributed by atoms with E-state index in [-0.39, 0.29) is 36.3 Å². The van der Waals surface area contributed by atoms with Crippen LogP contribution in [0.15, 0.2) is 11.2 Å². The van der Waals surface area contributed by atoms with E-state index < -0.39 is 15.6 Å². The van der Waals surface area contributed by atoms with Crippen molar-refractivity contribution in [3.63, 3.8) is 0 Å². The standard InChI is InChI=1S/C12H23N5O3S.ClH/c1-9-15-11(7-17(9)4)21(19,20)14-6-5-10(18)16-12(2,3)8-13;/h7,14H,5-6,8,13H2,1-4H3,(H,16,18);1H. The van der Waals surface area contributed by atoms with Gasteiger partial charge in [0.05, 0.1) is 0 Å². The van der Waals surface area contributed by atoms with Gasteiger partial charge in [0, 0.05) is 38.3 Å². The van der Waals surface area contributed by atoms with Crippen LogP contribution >= 0.6 is 12.4 Å². The number of hydrogen-bond acceptors (Lipinski definition) is 5. The molecule has 0 aliphatic rings. The average Bonchev–Trinajstić information content (AvgIpc) is 2.69. The zero-order valence-electron chi connectivity index (χ0n) is 13.2. The molecule has 0 radical (unpaired) electrons. The molecule has 10 heteroatoms. The molecule has 0 spiro atoms. The van der Waals surface area contributed by atoms with Gasteiger partial charge in [-0.25, -0.2) is 18.1 Å². The molecule has 4 N–H and O–H groups in total. The normalized spacial score (nSPS) is 11.9. The summed E-state index contributed by atoms with van der Waals surface area (Å²) in [6.07, 6.45) is 1.46. The summed E-state index contributed by atoms with van der Waals surface area (Å²) in [5.41, 5.74) is 5.00. The highest BCUT2D eigenvalue weighted by Gasteiger charge is 2.20. The Balaban J connectivity index is 0.00000441. The van der Waals surface area contributed by atoms with E-state index >= 15 is 0 Å². The van der Waals surface area contributed by atoms with Crippen molar-refractivity contribution in [3.8, 4) is 0 Å². The van der Waals surface area contributed by atoms with Gasteiger partial charge in [0.2, 0.25) is 5.91 Å². The van der Waals surface area contributed by atoms with Crippen LogP contribution in [0.3, 0.4) is 0 Å². The molecule has 1 rings (SSSR count). The van der Waals surface area contributed by atoms with E-state index in [1.54, 1.807) is 32.4 Å². The van der Waals surface area contributed by atoms with Crippen LogP contribution in [-0.2, 0) is 21.9 Å². The molecule has 0 saturated carbocycles. The third-order valence-corrected chi connectivity index (χ3v) is 4.33. The maximum Gasteiger partial charge on any atom is 0.259 e. The predicted molar refractivity (Wildman–Crippen MR) is 86.3 cm³/mol.